The summed E-state index contributed by atoms with van der Waals surface area (Å²) in [6.45, 7) is 9.88. The molecule has 1 heterocycles. The van der Waals surface area contributed by atoms with Crippen LogP contribution in [0, 0.1) is 12.8 Å². The summed E-state index contributed by atoms with van der Waals surface area (Å²) in [6.07, 6.45) is 0. The lowest BCUT2D eigenvalue weighted by atomic mass is 10.2. The van der Waals surface area contributed by atoms with Crippen molar-refractivity contribution in [2.45, 2.75) is 25.7 Å². The highest BCUT2D eigenvalue weighted by molar-refractivity contribution is 7.89. The molecule has 1 fully saturated rings. The van der Waals surface area contributed by atoms with Crippen LogP contribution in [0.5, 0.6) is 0 Å². The smallest absolute Gasteiger partial charge is 0.243 e. The number of nitrogens with zero attached hydrogens (tertiary/aromatic N) is 2. The van der Waals surface area contributed by atoms with Gasteiger partial charge in [0.05, 0.1) is 4.90 Å². The van der Waals surface area contributed by atoms with E-state index < -0.39 is 10.0 Å². The van der Waals surface area contributed by atoms with Gasteiger partial charge in [0.1, 0.15) is 0 Å². The maximum atomic E-state index is 12.7. The molecule has 0 radical (unpaired) electrons. The molecular formula is C15H25N3O2S. The molecule has 0 aromatic heterocycles. The van der Waals surface area contributed by atoms with Gasteiger partial charge in [-0.25, -0.2) is 8.42 Å². The largest absolute Gasteiger partial charge is 0.399 e. The molecule has 1 aromatic rings. The first kappa shape index (κ1) is 16.3. The van der Waals surface area contributed by atoms with E-state index in [1.165, 1.54) is 0 Å². The number of hydrogen-bond acceptors (Lipinski definition) is 4. The van der Waals surface area contributed by atoms with Gasteiger partial charge in [-0.2, -0.15) is 4.31 Å². The lowest BCUT2D eigenvalue weighted by Gasteiger charge is -2.35. The summed E-state index contributed by atoms with van der Waals surface area (Å²) >= 11 is 0. The molecule has 21 heavy (non-hydrogen) atoms. The summed E-state index contributed by atoms with van der Waals surface area (Å²) in [5.41, 5.74) is 7.00. The fourth-order valence-corrected chi connectivity index (χ4v) is 4.40. The lowest BCUT2D eigenvalue weighted by Crippen LogP contribution is -2.49. The second-order valence-electron chi connectivity index (χ2n) is 6.12. The average molecular weight is 311 g/mol. The van der Waals surface area contributed by atoms with Gasteiger partial charge in [0.15, 0.2) is 0 Å². The number of piperazine rings is 1. The van der Waals surface area contributed by atoms with Crippen LogP contribution in [0.4, 0.5) is 5.69 Å². The van der Waals surface area contributed by atoms with E-state index >= 15 is 0 Å². The Morgan fingerprint density at radius 3 is 2.33 bits per heavy atom. The average Bonchev–Trinajstić information content (AvgIpc) is 2.38. The van der Waals surface area contributed by atoms with Crippen LogP contribution >= 0.6 is 0 Å². The molecule has 1 saturated heterocycles. The van der Waals surface area contributed by atoms with E-state index in [1.807, 2.05) is 0 Å². The van der Waals surface area contributed by atoms with Crippen molar-refractivity contribution in [3.05, 3.63) is 23.8 Å². The molecule has 2 N–H and O–H groups in total. The Hall–Kier alpha value is -1.11. The third-order valence-electron chi connectivity index (χ3n) is 3.77. The predicted octanol–water partition coefficient (Wildman–Crippen LogP) is 1.54. The molecule has 0 unspecified atom stereocenters. The summed E-state index contributed by atoms with van der Waals surface area (Å²) in [6, 6.07) is 4.97. The Morgan fingerprint density at radius 1 is 1.19 bits per heavy atom. The second-order valence-corrected chi connectivity index (χ2v) is 8.03. The van der Waals surface area contributed by atoms with Gasteiger partial charge in [-0.1, -0.05) is 13.8 Å². The number of sulfonamides is 1. The molecular weight excluding hydrogens is 286 g/mol. The van der Waals surface area contributed by atoms with Crippen molar-refractivity contribution < 1.29 is 8.42 Å². The standard InChI is InChI=1S/C15H25N3O2S/c1-12(2)11-17-6-8-18(9-7-17)21(19,20)15-5-4-14(16)10-13(15)3/h4-5,10,12H,6-9,11,16H2,1-3H3. The molecule has 0 amide bonds. The van der Waals surface area contributed by atoms with Crippen LogP contribution in [-0.4, -0.2) is 50.3 Å². The Labute approximate surface area is 127 Å². The van der Waals surface area contributed by atoms with E-state index in [9.17, 15) is 8.42 Å². The normalized spacial score (nSPS) is 18.3. The van der Waals surface area contributed by atoms with Gasteiger partial charge in [-0.3, -0.25) is 0 Å². The van der Waals surface area contributed by atoms with Crippen molar-refractivity contribution >= 4 is 15.7 Å². The van der Waals surface area contributed by atoms with Gasteiger partial charge < -0.3 is 10.6 Å². The maximum absolute atomic E-state index is 12.7. The zero-order chi connectivity index (χ0) is 15.6. The van der Waals surface area contributed by atoms with E-state index in [-0.39, 0.29) is 0 Å². The molecule has 1 aliphatic heterocycles. The van der Waals surface area contributed by atoms with Crippen LogP contribution in [0.2, 0.25) is 0 Å². The van der Waals surface area contributed by atoms with Crippen LogP contribution in [0.3, 0.4) is 0 Å². The maximum Gasteiger partial charge on any atom is 0.243 e. The van der Waals surface area contributed by atoms with E-state index in [4.69, 9.17) is 5.73 Å². The number of hydrogen-bond donors (Lipinski definition) is 1. The van der Waals surface area contributed by atoms with Crippen molar-refractivity contribution in [2.75, 3.05) is 38.5 Å². The molecule has 118 valence electrons. The molecule has 0 atom stereocenters. The fourth-order valence-electron chi connectivity index (χ4n) is 2.77. The Balaban J connectivity index is 2.11. The molecule has 0 bridgehead atoms. The van der Waals surface area contributed by atoms with Crippen molar-refractivity contribution in [1.29, 1.82) is 0 Å². The summed E-state index contributed by atoms with van der Waals surface area (Å²) in [5, 5.41) is 0. The highest BCUT2D eigenvalue weighted by Gasteiger charge is 2.29. The zero-order valence-electron chi connectivity index (χ0n) is 13.0. The van der Waals surface area contributed by atoms with Crippen LogP contribution in [-0.2, 0) is 10.0 Å². The number of nitrogen functional groups attached to an aromatic ring is 1. The topological polar surface area (TPSA) is 66.6 Å². The van der Waals surface area contributed by atoms with Crippen LogP contribution < -0.4 is 5.73 Å². The number of benzene rings is 1. The summed E-state index contributed by atoms with van der Waals surface area (Å²) in [4.78, 5) is 2.70. The third-order valence-corrected chi connectivity index (χ3v) is 5.83. The van der Waals surface area contributed by atoms with E-state index in [0.717, 1.165) is 19.6 Å². The molecule has 1 aromatic carbocycles. The Bertz CT molecular complexity index is 591. The van der Waals surface area contributed by atoms with Crippen LogP contribution in [0.15, 0.2) is 23.1 Å². The van der Waals surface area contributed by atoms with E-state index in [2.05, 4.69) is 18.7 Å². The molecule has 1 aliphatic rings. The van der Waals surface area contributed by atoms with Crippen molar-refractivity contribution in [3.63, 3.8) is 0 Å². The minimum absolute atomic E-state index is 0.369. The van der Waals surface area contributed by atoms with Gasteiger partial charge in [-0.15, -0.1) is 0 Å². The third kappa shape index (κ3) is 3.75. The van der Waals surface area contributed by atoms with E-state index in [1.54, 1.807) is 29.4 Å². The Morgan fingerprint density at radius 2 is 1.81 bits per heavy atom. The Kier molecular flexibility index (Phi) is 4.91. The number of anilines is 1. The molecule has 6 heteroatoms. The SMILES string of the molecule is Cc1cc(N)ccc1S(=O)(=O)N1CCN(CC(C)C)CC1. The number of rotatable bonds is 4. The predicted molar refractivity (Wildman–Crippen MR) is 85.6 cm³/mol. The second kappa shape index (κ2) is 6.34. The fraction of sp³-hybridized carbons (Fsp3) is 0.600. The summed E-state index contributed by atoms with van der Waals surface area (Å²) in [5.74, 6) is 0.604. The minimum Gasteiger partial charge on any atom is -0.399 e. The van der Waals surface area contributed by atoms with Crippen molar-refractivity contribution in [3.8, 4) is 0 Å². The molecule has 5 nitrogen and oxygen atoms in total. The van der Waals surface area contributed by atoms with Gasteiger partial charge in [0.25, 0.3) is 0 Å². The number of aryl methyl sites for hydroxylation is 1. The van der Waals surface area contributed by atoms with Crippen molar-refractivity contribution in [2.24, 2.45) is 5.92 Å². The van der Waals surface area contributed by atoms with Crippen LogP contribution in [0.1, 0.15) is 19.4 Å². The zero-order valence-corrected chi connectivity index (χ0v) is 13.9. The molecule has 2 rings (SSSR count). The van der Waals surface area contributed by atoms with Crippen LogP contribution in [0.25, 0.3) is 0 Å². The summed E-state index contributed by atoms with van der Waals surface area (Å²) < 4.78 is 27.0. The van der Waals surface area contributed by atoms with Gasteiger partial charge in [0, 0.05) is 38.4 Å². The summed E-state index contributed by atoms with van der Waals surface area (Å²) in [7, 11) is -3.41. The highest BCUT2D eigenvalue weighted by atomic mass is 32.2. The molecule has 0 spiro atoms. The van der Waals surface area contributed by atoms with E-state index in [0.29, 0.717) is 35.2 Å². The molecule has 0 saturated carbocycles. The van der Waals surface area contributed by atoms with Gasteiger partial charge in [0.2, 0.25) is 10.0 Å². The van der Waals surface area contributed by atoms with Gasteiger partial charge in [-0.05, 0) is 36.6 Å². The number of nitrogens with two attached hydrogens (primary N) is 1. The lowest BCUT2D eigenvalue weighted by molar-refractivity contribution is 0.172. The molecule has 0 aliphatic carbocycles. The first-order chi connectivity index (χ1) is 9.80. The first-order valence-electron chi connectivity index (χ1n) is 7.39. The minimum atomic E-state index is -3.41. The monoisotopic (exact) mass is 311 g/mol. The van der Waals surface area contributed by atoms with Gasteiger partial charge >= 0.3 is 0 Å². The highest BCUT2D eigenvalue weighted by Crippen LogP contribution is 2.23. The first-order valence-corrected chi connectivity index (χ1v) is 8.83. The van der Waals surface area contributed by atoms with Crippen molar-refractivity contribution in [1.82, 2.24) is 9.21 Å². The quantitative estimate of drug-likeness (QED) is 0.857.